The molecule has 0 aliphatic rings. The van der Waals surface area contributed by atoms with Crippen LogP contribution in [-0.4, -0.2) is 15.5 Å². The minimum atomic E-state index is -0.407. The minimum absolute atomic E-state index is 0.0731. The lowest BCUT2D eigenvalue weighted by Crippen LogP contribution is -2.38. The summed E-state index contributed by atoms with van der Waals surface area (Å²) in [5.74, 6) is -0.407. The summed E-state index contributed by atoms with van der Waals surface area (Å²) in [6.07, 6.45) is 4.83. The largest absolute Gasteiger partial charge is 0.618 e. The van der Waals surface area contributed by atoms with Crippen LogP contribution in [0.25, 0.3) is 5.52 Å². The van der Waals surface area contributed by atoms with Crippen LogP contribution in [0.5, 0.6) is 0 Å². The van der Waals surface area contributed by atoms with E-state index in [0.717, 1.165) is 11.1 Å². The van der Waals surface area contributed by atoms with Gasteiger partial charge in [0.05, 0.1) is 11.7 Å². The van der Waals surface area contributed by atoms with E-state index >= 15 is 0 Å². The molecule has 0 radical (unpaired) electrons. The lowest BCUT2D eigenvalue weighted by atomic mass is 10.2. The van der Waals surface area contributed by atoms with Crippen molar-refractivity contribution in [3.05, 3.63) is 71.5 Å². The van der Waals surface area contributed by atoms with Crippen LogP contribution in [0.15, 0.2) is 55.0 Å². The molecule has 0 aliphatic heterocycles. The monoisotopic (exact) mass is 268 g/mol. The van der Waals surface area contributed by atoms with Crippen LogP contribution in [0, 0.1) is 5.21 Å². The van der Waals surface area contributed by atoms with E-state index in [-0.39, 0.29) is 5.69 Å². The number of hydrogen-bond acceptors (Lipinski definition) is 3. The summed E-state index contributed by atoms with van der Waals surface area (Å²) in [4.78, 5) is 11.9. The number of pyridine rings is 2. The van der Waals surface area contributed by atoms with Crippen LogP contribution >= 0.6 is 0 Å². The highest BCUT2D eigenvalue weighted by Crippen LogP contribution is 2.09. The van der Waals surface area contributed by atoms with Crippen LogP contribution in [0.4, 0.5) is 0 Å². The zero-order chi connectivity index (χ0) is 13.9. The summed E-state index contributed by atoms with van der Waals surface area (Å²) in [5, 5.41) is 18.4. The first-order valence-electron chi connectivity index (χ1n) is 6.13. The molecule has 3 heterocycles. The van der Waals surface area contributed by atoms with Crippen LogP contribution in [-0.2, 0) is 6.54 Å². The lowest BCUT2D eigenvalue weighted by molar-refractivity contribution is -0.607. The third-order valence-corrected chi connectivity index (χ3v) is 3.00. The molecule has 100 valence electrons. The molecular formula is C14H12N4O2. The predicted octanol–water partition coefficient (Wildman–Crippen LogP) is 0.898. The molecule has 20 heavy (non-hydrogen) atoms. The number of amides is 1. The Morgan fingerprint density at radius 3 is 3.00 bits per heavy atom. The van der Waals surface area contributed by atoms with E-state index in [4.69, 9.17) is 0 Å². The van der Waals surface area contributed by atoms with Crippen LogP contribution in [0.1, 0.15) is 16.1 Å². The van der Waals surface area contributed by atoms with E-state index in [2.05, 4.69) is 10.4 Å². The first kappa shape index (κ1) is 12.2. The first-order chi connectivity index (χ1) is 9.75. The second kappa shape index (κ2) is 5.00. The number of rotatable bonds is 3. The fourth-order valence-electron chi connectivity index (χ4n) is 1.99. The second-order valence-electron chi connectivity index (χ2n) is 4.29. The fourth-order valence-corrected chi connectivity index (χ4v) is 1.99. The topological polar surface area (TPSA) is 73.3 Å². The van der Waals surface area contributed by atoms with Gasteiger partial charge in [-0.05, 0) is 18.2 Å². The van der Waals surface area contributed by atoms with E-state index in [1.807, 2.05) is 24.4 Å². The number of aromatic nitrogens is 3. The van der Waals surface area contributed by atoms with Gasteiger partial charge >= 0.3 is 5.91 Å². The summed E-state index contributed by atoms with van der Waals surface area (Å²) >= 11 is 0. The molecule has 1 N–H and O–H groups in total. The molecule has 0 aromatic carbocycles. The molecule has 0 aliphatic carbocycles. The van der Waals surface area contributed by atoms with Gasteiger partial charge in [0.1, 0.15) is 0 Å². The van der Waals surface area contributed by atoms with Crippen LogP contribution in [0.2, 0.25) is 0 Å². The Bertz CT molecular complexity index is 766. The molecular weight excluding hydrogens is 256 g/mol. The molecule has 3 aromatic rings. The number of nitrogens with zero attached hydrogens (tertiary/aromatic N) is 3. The summed E-state index contributed by atoms with van der Waals surface area (Å²) in [5.41, 5.74) is 1.90. The Labute approximate surface area is 114 Å². The highest BCUT2D eigenvalue weighted by atomic mass is 16.5. The van der Waals surface area contributed by atoms with Crippen molar-refractivity contribution >= 4 is 11.4 Å². The Hall–Kier alpha value is -2.89. The fraction of sp³-hybridized carbons (Fsp3) is 0.0714. The molecule has 0 fully saturated rings. The molecule has 6 nitrogen and oxygen atoms in total. The maximum atomic E-state index is 11.9. The van der Waals surface area contributed by atoms with E-state index in [1.54, 1.807) is 22.8 Å². The SMILES string of the molecule is O=C(NCc1cnn2ccccc12)c1cccc[n+]1[O-]. The third-order valence-electron chi connectivity index (χ3n) is 3.00. The van der Waals surface area contributed by atoms with Crippen LogP contribution in [0.3, 0.4) is 0 Å². The Kier molecular flexibility index (Phi) is 3.04. The maximum Gasteiger partial charge on any atom is 0.317 e. The van der Waals surface area contributed by atoms with Gasteiger partial charge in [-0.1, -0.05) is 6.07 Å². The van der Waals surface area contributed by atoms with Gasteiger partial charge in [0.15, 0.2) is 6.20 Å². The first-order valence-corrected chi connectivity index (χ1v) is 6.13. The predicted molar refractivity (Wildman–Crippen MR) is 71.8 cm³/mol. The van der Waals surface area contributed by atoms with Gasteiger partial charge in [0, 0.05) is 30.4 Å². The third kappa shape index (κ3) is 2.18. The quantitative estimate of drug-likeness (QED) is 0.566. The van der Waals surface area contributed by atoms with Gasteiger partial charge in [0.2, 0.25) is 0 Å². The number of carbonyl (C=O) groups is 1. The van der Waals surface area contributed by atoms with Crippen molar-refractivity contribution in [1.82, 2.24) is 14.9 Å². The highest BCUT2D eigenvalue weighted by molar-refractivity contribution is 5.90. The molecule has 0 saturated heterocycles. The molecule has 3 aromatic heterocycles. The Morgan fingerprint density at radius 1 is 1.30 bits per heavy atom. The number of carbonyl (C=O) groups excluding carboxylic acids is 1. The number of hydrogen-bond donors (Lipinski definition) is 1. The van der Waals surface area contributed by atoms with Gasteiger partial charge in [0.25, 0.3) is 5.69 Å². The van der Waals surface area contributed by atoms with Crippen molar-refractivity contribution in [2.24, 2.45) is 0 Å². The number of nitrogens with one attached hydrogen (secondary N) is 1. The smallest absolute Gasteiger partial charge is 0.317 e. The molecule has 0 bridgehead atoms. The van der Waals surface area contributed by atoms with Crippen molar-refractivity contribution in [2.75, 3.05) is 0 Å². The zero-order valence-electron chi connectivity index (χ0n) is 10.6. The average molecular weight is 268 g/mol. The standard InChI is InChI=1S/C14H12N4O2/c19-14(13-6-2-4-8-18(13)20)15-9-11-10-16-17-7-3-1-5-12(11)17/h1-8,10H,9H2,(H,15,19). The van der Waals surface area contributed by atoms with E-state index in [1.165, 1.54) is 12.3 Å². The van der Waals surface area contributed by atoms with Crippen molar-refractivity contribution in [2.45, 2.75) is 6.54 Å². The van der Waals surface area contributed by atoms with E-state index in [0.29, 0.717) is 11.3 Å². The highest BCUT2D eigenvalue weighted by Gasteiger charge is 2.15. The Morgan fingerprint density at radius 2 is 2.15 bits per heavy atom. The average Bonchev–Trinajstić information content (AvgIpc) is 2.88. The number of fused-ring (bicyclic) bond motifs is 1. The minimum Gasteiger partial charge on any atom is -0.618 e. The van der Waals surface area contributed by atoms with Gasteiger partial charge in [-0.25, -0.2) is 4.52 Å². The van der Waals surface area contributed by atoms with Crippen LogP contribution < -0.4 is 10.0 Å². The summed E-state index contributed by atoms with van der Waals surface area (Å²) in [6, 6.07) is 10.4. The van der Waals surface area contributed by atoms with Crippen molar-refractivity contribution < 1.29 is 9.52 Å². The summed E-state index contributed by atoms with van der Waals surface area (Å²) in [6.45, 7) is 0.321. The molecule has 6 heteroatoms. The molecule has 3 rings (SSSR count). The normalized spacial score (nSPS) is 10.6. The molecule has 1 amide bonds. The van der Waals surface area contributed by atoms with Gasteiger partial charge in [-0.15, -0.1) is 0 Å². The van der Waals surface area contributed by atoms with Gasteiger partial charge in [-0.3, -0.25) is 4.79 Å². The second-order valence-corrected chi connectivity index (χ2v) is 4.29. The van der Waals surface area contributed by atoms with Gasteiger partial charge < -0.3 is 10.5 Å². The molecule has 0 atom stereocenters. The van der Waals surface area contributed by atoms with Crippen molar-refractivity contribution in [3.63, 3.8) is 0 Å². The van der Waals surface area contributed by atoms with E-state index < -0.39 is 5.91 Å². The van der Waals surface area contributed by atoms with Crippen molar-refractivity contribution in [3.8, 4) is 0 Å². The summed E-state index contributed by atoms with van der Waals surface area (Å²) < 4.78 is 2.28. The lowest BCUT2D eigenvalue weighted by Gasteiger charge is -2.04. The summed E-state index contributed by atoms with van der Waals surface area (Å²) in [7, 11) is 0. The molecule has 0 spiro atoms. The molecule has 0 saturated carbocycles. The maximum absolute atomic E-state index is 11.9. The van der Waals surface area contributed by atoms with Crippen molar-refractivity contribution in [1.29, 1.82) is 0 Å². The molecule has 0 unspecified atom stereocenters. The zero-order valence-corrected chi connectivity index (χ0v) is 10.6. The Balaban J connectivity index is 1.77. The van der Waals surface area contributed by atoms with Gasteiger partial charge in [-0.2, -0.15) is 9.83 Å². The van der Waals surface area contributed by atoms with E-state index in [9.17, 15) is 10.0 Å².